The molecule has 0 radical (unpaired) electrons. The number of halogens is 1. The van der Waals surface area contributed by atoms with Crippen molar-refractivity contribution in [1.29, 1.82) is 0 Å². The average Bonchev–Trinajstić information content (AvgIpc) is 2.34. The number of hydrogen-bond acceptors (Lipinski definition) is 3. The molecule has 4 heteroatoms. The number of likely N-dealkylation sites (N-methyl/N-ethyl adjacent to an activating group) is 1. The Kier molecular flexibility index (Phi) is 3.39. The monoisotopic (exact) mass is 235 g/mol. The summed E-state index contributed by atoms with van der Waals surface area (Å²) in [5, 5.41) is 4.86. The third-order valence-electron chi connectivity index (χ3n) is 2.71. The molecular formula is C12H14ClN3. The molecule has 0 saturated carbocycles. The SMILES string of the molecule is CNC(CN)c1ccc(Cl)c2cccnc12. The van der Waals surface area contributed by atoms with Crippen LogP contribution in [0.4, 0.5) is 0 Å². The van der Waals surface area contributed by atoms with Crippen molar-refractivity contribution in [3.8, 4) is 0 Å². The van der Waals surface area contributed by atoms with Crippen molar-refractivity contribution in [2.75, 3.05) is 13.6 Å². The van der Waals surface area contributed by atoms with Crippen LogP contribution in [0.5, 0.6) is 0 Å². The average molecular weight is 236 g/mol. The van der Waals surface area contributed by atoms with Gasteiger partial charge in [-0.2, -0.15) is 0 Å². The van der Waals surface area contributed by atoms with E-state index >= 15 is 0 Å². The number of fused-ring (bicyclic) bond motifs is 1. The fourth-order valence-electron chi connectivity index (χ4n) is 1.84. The Bertz CT molecular complexity index is 495. The third kappa shape index (κ3) is 1.89. The molecule has 3 nitrogen and oxygen atoms in total. The van der Waals surface area contributed by atoms with Gasteiger partial charge in [-0.25, -0.2) is 0 Å². The summed E-state index contributed by atoms with van der Waals surface area (Å²) in [6, 6.07) is 7.83. The van der Waals surface area contributed by atoms with Gasteiger partial charge < -0.3 is 11.1 Å². The predicted octanol–water partition coefficient (Wildman–Crippen LogP) is 2.11. The highest BCUT2D eigenvalue weighted by Gasteiger charge is 2.12. The van der Waals surface area contributed by atoms with E-state index in [0.717, 1.165) is 21.5 Å². The lowest BCUT2D eigenvalue weighted by Crippen LogP contribution is -2.25. The molecule has 1 unspecified atom stereocenters. The fourth-order valence-corrected chi connectivity index (χ4v) is 2.06. The Balaban J connectivity index is 2.66. The largest absolute Gasteiger partial charge is 0.329 e. The molecule has 0 aliphatic heterocycles. The van der Waals surface area contributed by atoms with Crippen LogP contribution in [-0.2, 0) is 0 Å². The summed E-state index contributed by atoms with van der Waals surface area (Å²) in [6.07, 6.45) is 1.77. The second-order valence-corrected chi connectivity index (χ2v) is 4.02. The van der Waals surface area contributed by atoms with Crippen LogP contribution in [0.2, 0.25) is 5.02 Å². The van der Waals surface area contributed by atoms with E-state index < -0.39 is 0 Å². The molecule has 0 aliphatic rings. The van der Waals surface area contributed by atoms with E-state index in [1.807, 2.05) is 31.3 Å². The summed E-state index contributed by atoms with van der Waals surface area (Å²) in [6.45, 7) is 0.532. The Hall–Kier alpha value is -1.16. The first-order valence-electron chi connectivity index (χ1n) is 5.18. The molecule has 1 aromatic heterocycles. The van der Waals surface area contributed by atoms with Crippen molar-refractivity contribution in [3.63, 3.8) is 0 Å². The molecule has 16 heavy (non-hydrogen) atoms. The molecule has 2 rings (SSSR count). The number of nitrogens with one attached hydrogen (secondary N) is 1. The zero-order valence-corrected chi connectivity index (χ0v) is 9.83. The molecule has 1 aromatic carbocycles. The summed E-state index contributed by atoms with van der Waals surface area (Å²) in [7, 11) is 1.89. The van der Waals surface area contributed by atoms with Crippen LogP contribution >= 0.6 is 11.6 Å². The van der Waals surface area contributed by atoms with E-state index in [9.17, 15) is 0 Å². The van der Waals surface area contributed by atoms with Crippen molar-refractivity contribution in [3.05, 3.63) is 41.0 Å². The Morgan fingerprint density at radius 3 is 2.94 bits per heavy atom. The van der Waals surface area contributed by atoms with Gasteiger partial charge in [-0.1, -0.05) is 17.7 Å². The Morgan fingerprint density at radius 1 is 1.44 bits per heavy atom. The fraction of sp³-hybridized carbons (Fsp3) is 0.250. The minimum atomic E-state index is 0.106. The molecule has 0 fully saturated rings. The Morgan fingerprint density at radius 2 is 2.25 bits per heavy atom. The molecule has 1 atom stereocenters. The number of nitrogens with two attached hydrogens (primary N) is 1. The molecular weight excluding hydrogens is 222 g/mol. The quantitative estimate of drug-likeness (QED) is 0.857. The van der Waals surface area contributed by atoms with Crippen molar-refractivity contribution in [1.82, 2.24) is 10.3 Å². The van der Waals surface area contributed by atoms with Gasteiger partial charge in [0.15, 0.2) is 0 Å². The van der Waals surface area contributed by atoms with Gasteiger partial charge in [0.2, 0.25) is 0 Å². The van der Waals surface area contributed by atoms with Crippen LogP contribution in [0.25, 0.3) is 10.9 Å². The minimum Gasteiger partial charge on any atom is -0.329 e. The van der Waals surface area contributed by atoms with Crippen LogP contribution in [0.1, 0.15) is 11.6 Å². The number of hydrogen-bond donors (Lipinski definition) is 2. The third-order valence-corrected chi connectivity index (χ3v) is 3.04. The van der Waals surface area contributed by atoms with Gasteiger partial charge in [-0.3, -0.25) is 4.98 Å². The van der Waals surface area contributed by atoms with Gasteiger partial charge in [-0.05, 0) is 30.8 Å². The van der Waals surface area contributed by atoms with E-state index in [-0.39, 0.29) is 6.04 Å². The van der Waals surface area contributed by atoms with Crippen LogP contribution < -0.4 is 11.1 Å². The van der Waals surface area contributed by atoms with Crippen LogP contribution in [-0.4, -0.2) is 18.6 Å². The summed E-state index contributed by atoms with van der Waals surface area (Å²) < 4.78 is 0. The summed E-state index contributed by atoms with van der Waals surface area (Å²) in [5.41, 5.74) is 7.73. The van der Waals surface area contributed by atoms with E-state index in [1.165, 1.54) is 0 Å². The number of benzene rings is 1. The van der Waals surface area contributed by atoms with Crippen LogP contribution in [0.3, 0.4) is 0 Å². The van der Waals surface area contributed by atoms with Gasteiger partial charge in [-0.15, -0.1) is 0 Å². The van der Waals surface area contributed by atoms with Crippen LogP contribution in [0.15, 0.2) is 30.5 Å². The molecule has 0 aliphatic carbocycles. The highest BCUT2D eigenvalue weighted by Crippen LogP contribution is 2.27. The van der Waals surface area contributed by atoms with Crippen molar-refractivity contribution in [2.45, 2.75) is 6.04 Å². The van der Waals surface area contributed by atoms with E-state index in [1.54, 1.807) is 6.20 Å². The summed E-state index contributed by atoms with van der Waals surface area (Å²) in [5.74, 6) is 0. The van der Waals surface area contributed by atoms with Crippen molar-refractivity contribution in [2.24, 2.45) is 5.73 Å². The number of rotatable bonds is 3. The topological polar surface area (TPSA) is 50.9 Å². The molecule has 0 bridgehead atoms. The minimum absolute atomic E-state index is 0.106. The maximum absolute atomic E-state index is 6.13. The summed E-state index contributed by atoms with van der Waals surface area (Å²) >= 11 is 6.13. The zero-order chi connectivity index (χ0) is 11.5. The molecule has 84 valence electrons. The van der Waals surface area contributed by atoms with E-state index in [0.29, 0.717) is 6.54 Å². The van der Waals surface area contributed by atoms with Gasteiger partial charge in [0.05, 0.1) is 5.52 Å². The lowest BCUT2D eigenvalue weighted by atomic mass is 10.0. The lowest BCUT2D eigenvalue weighted by Gasteiger charge is -2.16. The second-order valence-electron chi connectivity index (χ2n) is 3.61. The normalized spacial score (nSPS) is 12.9. The van der Waals surface area contributed by atoms with E-state index in [2.05, 4.69) is 10.3 Å². The molecule has 2 aromatic rings. The van der Waals surface area contributed by atoms with Gasteiger partial charge in [0.1, 0.15) is 0 Å². The predicted molar refractivity (Wildman–Crippen MR) is 67.6 cm³/mol. The highest BCUT2D eigenvalue weighted by atomic mass is 35.5. The maximum Gasteiger partial charge on any atom is 0.0765 e. The molecule has 3 N–H and O–H groups in total. The Labute approximate surface area is 99.6 Å². The van der Waals surface area contributed by atoms with Crippen molar-refractivity contribution >= 4 is 22.5 Å². The first kappa shape index (κ1) is 11.3. The van der Waals surface area contributed by atoms with Gasteiger partial charge >= 0.3 is 0 Å². The first-order valence-corrected chi connectivity index (χ1v) is 5.56. The highest BCUT2D eigenvalue weighted by molar-refractivity contribution is 6.35. The molecule has 0 saturated heterocycles. The zero-order valence-electron chi connectivity index (χ0n) is 9.07. The second kappa shape index (κ2) is 4.78. The first-order chi connectivity index (χ1) is 7.77. The van der Waals surface area contributed by atoms with E-state index in [4.69, 9.17) is 17.3 Å². The van der Waals surface area contributed by atoms with Crippen molar-refractivity contribution < 1.29 is 0 Å². The standard InChI is InChI=1S/C12H14ClN3/c1-15-11(7-14)9-4-5-10(13)8-3-2-6-16-12(8)9/h2-6,11,15H,7,14H2,1H3. The number of pyridine rings is 1. The lowest BCUT2D eigenvalue weighted by molar-refractivity contribution is 0.609. The molecule has 0 amide bonds. The maximum atomic E-state index is 6.13. The molecule has 1 heterocycles. The molecule has 0 spiro atoms. The number of nitrogens with zero attached hydrogens (tertiary/aromatic N) is 1. The summed E-state index contributed by atoms with van der Waals surface area (Å²) in [4.78, 5) is 4.38. The van der Waals surface area contributed by atoms with Gasteiger partial charge in [0.25, 0.3) is 0 Å². The smallest absolute Gasteiger partial charge is 0.0765 e. The van der Waals surface area contributed by atoms with Crippen LogP contribution in [0, 0.1) is 0 Å². The van der Waals surface area contributed by atoms with Gasteiger partial charge in [0, 0.05) is 29.2 Å². The number of aromatic nitrogens is 1.